The number of anilines is 1. The third kappa shape index (κ3) is 6.61. The van der Waals surface area contributed by atoms with Gasteiger partial charge in [0.1, 0.15) is 10.7 Å². The SMILES string of the molecule is Cc1nnc(SC[C@H]2C[C@@H](c3ccc(CO)cc3)O[C@@H](c3ccc(NC(=O)c4cnc5ccccc5n4)cc3)O2)s1. The number of aliphatic hydroxyl groups excluding tert-OH is 1. The fourth-order valence-corrected chi connectivity index (χ4v) is 6.37. The van der Waals surface area contributed by atoms with Gasteiger partial charge in [-0.2, -0.15) is 0 Å². The lowest BCUT2D eigenvalue weighted by Crippen LogP contribution is -2.31. The molecule has 1 aliphatic rings. The Balaban J connectivity index is 1.17. The molecule has 3 atom stereocenters. The number of rotatable bonds is 8. The number of hydrogen-bond donors (Lipinski definition) is 2. The Bertz CT molecular complexity index is 1650. The summed E-state index contributed by atoms with van der Waals surface area (Å²) in [7, 11) is 0. The minimum Gasteiger partial charge on any atom is -0.392 e. The molecule has 2 aromatic heterocycles. The van der Waals surface area contributed by atoms with E-state index in [4.69, 9.17) is 9.47 Å². The van der Waals surface area contributed by atoms with Crippen molar-refractivity contribution in [3.05, 3.63) is 106 Å². The second-order valence-electron chi connectivity index (χ2n) is 9.57. The zero-order valence-corrected chi connectivity index (χ0v) is 23.8. The summed E-state index contributed by atoms with van der Waals surface area (Å²) < 4.78 is 13.7. The number of aryl methyl sites for hydroxylation is 1. The minimum absolute atomic E-state index is 0.00556. The summed E-state index contributed by atoms with van der Waals surface area (Å²) in [6.07, 6.45) is 1.29. The molecule has 41 heavy (non-hydrogen) atoms. The number of aromatic nitrogens is 4. The van der Waals surface area contributed by atoms with Crippen molar-refractivity contribution in [1.29, 1.82) is 0 Å². The number of nitrogens with one attached hydrogen (secondary N) is 1. The Labute approximate surface area is 245 Å². The van der Waals surface area contributed by atoms with Crippen LogP contribution in [0, 0.1) is 6.92 Å². The highest BCUT2D eigenvalue weighted by molar-refractivity contribution is 8.01. The van der Waals surface area contributed by atoms with Crippen LogP contribution in [0.5, 0.6) is 0 Å². The quantitative estimate of drug-likeness (QED) is 0.215. The highest BCUT2D eigenvalue weighted by atomic mass is 32.2. The van der Waals surface area contributed by atoms with E-state index in [1.165, 1.54) is 6.20 Å². The maximum atomic E-state index is 12.8. The molecule has 3 heterocycles. The number of ether oxygens (including phenoxy) is 2. The minimum atomic E-state index is -0.593. The van der Waals surface area contributed by atoms with E-state index < -0.39 is 6.29 Å². The third-order valence-electron chi connectivity index (χ3n) is 6.64. The zero-order valence-electron chi connectivity index (χ0n) is 22.1. The van der Waals surface area contributed by atoms with Crippen LogP contribution in [0.15, 0.2) is 83.3 Å². The highest BCUT2D eigenvalue weighted by Gasteiger charge is 2.32. The van der Waals surface area contributed by atoms with Crippen LogP contribution in [0.3, 0.4) is 0 Å². The van der Waals surface area contributed by atoms with E-state index in [1.807, 2.05) is 79.7 Å². The van der Waals surface area contributed by atoms with Gasteiger partial charge >= 0.3 is 0 Å². The Morgan fingerprint density at radius 2 is 1.76 bits per heavy atom. The number of carbonyl (C=O) groups excluding carboxylic acids is 1. The first-order valence-electron chi connectivity index (χ1n) is 13.1. The standard InChI is InChI=1S/C30H27N5O4S2/c1-18-34-35-30(41-18)40-17-23-14-27(20-8-6-19(16-36)7-9-20)39-29(38-23)21-10-12-22(13-11-21)32-28(37)26-15-31-24-4-2-3-5-25(24)33-26/h2-13,15,23,27,29,36H,14,16-17H2,1H3,(H,32,37)/t23-,27+,29+/m1/s1. The molecule has 208 valence electrons. The van der Waals surface area contributed by atoms with Gasteiger partial charge in [0, 0.05) is 23.4 Å². The van der Waals surface area contributed by atoms with Crippen molar-refractivity contribution in [2.45, 2.75) is 42.8 Å². The van der Waals surface area contributed by atoms with Gasteiger partial charge in [-0.3, -0.25) is 9.78 Å². The van der Waals surface area contributed by atoms with Gasteiger partial charge in [0.2, 0.25) is 0 Å². The number of para-hydroxylation sites is 2. The van der Waals surface area contributed by atoms with Gasteiger partial charge in [0.25, 0.3) is 5.91 Å². The summed E-state index contributed by atoms with van der Waals surface area (Å²) in [5, 5.41) is 21.6. The summed E-state index contributed by atoms with van der Waals surface area (Å²) in [6.45, 7) is 1.94. The number of amides is 1. The van der Waals surface area contributed by atoms with E-state index in [-0.39, 0.29) is 30.4 Å². The Morgan fingerprint density at radius 1 is 1.00 bits per heavy atom. The second-order valence-corrected chi connectivity index (χ2v) is 12.0. The summed E-state index contributed by atoms with van der Waals surface area (Å²) in [5.74, 6) is 0.372. The molecule has 5 aromatic rings. The fourth-order valence-electron chi connectivity index (χ4n) is 4.51. The maximum Gasteiger partial charge on any atom is 0.275 e. The van der Waals surface area contributed by atoms with Crippen molar-refractivity contribution in [1.82, 2.24) is 20.2 Å². The second kappa shape index (κ2) is 12.4. The van der Waals surface area contributed by atoms with Gasteiger partial charge < -0.3 is 19.9 Å². The Kier molecular flexibility index (Phi) is 8.31. The van der Waals surface area contributed by atoms with E-state index in [2.05, 4.69) is 25.5 Å². The van der Waals surface area contributed by atoms with Crippen LogP contribution in [0.2, 0.25) is 0 Å². The summed E-state index contributed by atoms with van der Waals surface area (Å²) >= 11 is 3.20. The van der Waals surface area contributed by atoms with E-state index >= 15 is 0 Å². The summed E-state index contributed by atoms with van der Waals surface area (Å²) in [4.78, 5) is 21.6. The van der Waals surface area contributed by atoms with Crippen LogP contribution in [-0.2, 0) is 16.1 Å². The number of fused-ring (bicyclic) bond motifs is 1. The summed E-state index contributed by atoms with van der Waals surface area (Å²) in [5.41, 5.74) is 4.98. The molecule has 3 aromatic carbocycles. The zero-order chi connectivity index (χ0) is 28.2. The maximum absolute atomic E-state index is 12.8. The van der Waals surface area contributed by atoms with Gasteiger partial charge in [0.05, 0.1) is 36.0 Å². The molecule has 0 spiro atoms. The smallest absolute Gasteiger partial charge is 0.275 e. The van der Waals surface area contributed by atoms with Crippen molar-refractivity contribution >= 4 is 45.7 Å². The molecule has 2 N–H and O–H groups in total. The predicted molar refractivity (Wildman–Crippen MR) is 158 cm³/mol. The monoisotopic (exact) mass is 585 g/mol. The topological polar surface area (TPSA) is 119 Å². The Hall–Kier alpha value is -3.74. The number of hydrogen-bond acceptors (Lipinski definition) is 10. The molecule has 0 radical (unpaired) electrons. The molecule has 0 saturated carbocycles. The average molecular weight is 586 g/mol. The molecule has 11 heteroatoms. The van der Waals surface area contributed by atoms with Gasteiger partial charge in [-0.05, 0) is 42.3 Å². The number of benzene rings is 3. The molecular weight excluding hydrogens is 558 g/mol. The van der Waals surface area contributed by atoms with Crippen LogP contribution in [0.25, 0.3) is 11.0 Å². The molecule has 0 aliphatic carbocycles. The van der Waals surface area contributed by atoms with Gasteiger partial charge in [-0.15, -0.1) is 10.2 Å². The van der Waals surface area contributed by atoms with E-state index in [0.717, 1.165) is 31.6 Å². The molecule has 9 nitrogen and oxygen atoms in total. The molecule has 0 bridgehead atoms. The van der Waals surface area contributed by atoms with Crippen molar-refractivity contribution in [2.75, 3.05) is 11.1 Å². The molecular formula is C30H27N5O4S2. The lowest BCUT2D eigenvalue weighted by Gasteiger charge is -2.36. The first kappa shape index (κ1) is 27.4. The first-order chi connectivity index (χ1) is 20.0. The number of aliphatic hydroxyl groups is 1. The number of thioether (sulfide) groups is 1. The van der Waals surface area contributed by atoms with Crippen molar-refractivity contribution in [3.63, 3.8) is 0 Å². The average Bonchev–Trinajstić information content (AvgIpc) is 3.45. The molecule has 1 amide bonds. The molecule has 1 saturated heterocycles. The fraction of sp³-hybridized carbons (Fsp3) is 0.233. The van der Waals surface area contributed by atoms with Crippen LogP contribution < -0.4 is 5.32 Å². The van der Waals surface area contributed by atoms with Crippen LogP contribution in [-0.4, -0.2) is 43.0 Å². The highest BCUT2D eigenvalue weighted by Crippen LogP contribution is 2.40. The Morgan fingerprint density at radius 3 is 2.49 bits per heavy atom. The van der Waals surface area contributed by atoms with Crippen LogP contribution in [0.4, 0.5) is 5.69 Å². The van der Waals surface area contributed by atoms with Gasteiger partial charge in [0.15, 0.2) is 10.6 Å². The van der Waals surface area contributed by atoms with Crippen molar-refractivity contribution in [2.24, 2.45) is 0 Å². The molecule has 1 aliphatic heterocycles. The van der Waals surface area contributed by atoms with Crippen LogP contribution >= 0.6 is 23.1 Å². The van der Waals surface area contributed by atoms with E-state index in [9.17, 15) is 9.90 Å². The number of nitrogens with zero attached hydrogens (tertiary/aromatic N) is 4. The number of carbonyl (C=O) groups is 1. The lowest BCUT2D eigenvalue weighted by molar-refractivity contribution is -0.245. The van der Waals surface area contributed by atoms with E-state index in [1.54, 1.807) is 23.1 Å². The van der Waals surface area contributed by atoms with Gasteiger partial charge in [-0.25, -0.2) is 4.98 Å². The lowest BCUT2D eigenvalue weighted by atomic mass is 10.0. The van der Waals surface area contributed by atoms with E-state index in [0.29, 0.717) is 23.4 Å². The molecule has 1 fully saturated rings. The van der Waals surface area contributed by atoms with Crippen molar-refractivity contribution < 1.29 is 19.4 Å². The summed E-state index contributed by atoms with van der Waals surface area (Å²) in [6, 6.07) is 22.7. The predicted octanol–water partition coefficient (Wildman–Crippen LogP) is 5.87. The molecule has 0 unspecified atom stereocenters. The first-order valence-corrected chi connectivity index (χ1v) is 14.9. The molecule has 6 rings (SSSR count). The largest absolute Gasteiger partial charge is 0.392 e. The van der Waals surface area contributed by atoms with Gasteiger partial charge in [-0.1, -0.05) is 71.6 Å². The normalized spacial score (nSPS) is 18.8. The van der Waals surface area contributed by atoms with Crippen molar-refractivity contribution in [3.8, 4) is 0 Å². The third-order valence-corrected chi connectivity index (χ3v) is 8.74. The van der Waals surface area contributed by atoms with Crippen LogP contribution in [0.1, 0.15) is 51.0 Å².